The Balaban J connectivity index is 1.89. The van der Waals surface area contributed by atoms with Crippen LogP contribution < -0.4 is 5.73 Å². The molecule has 2 nitrogen and oxygen atoms in total. The van der Waals surface area contributed by atoms with Gasteiger partial charge in [-0.3, -0.25) is 0 Å². The highest BCUT2D eigenvalue weighted by Crippen LogP contribution is 2.24. The summed E-state index contributed by atoms with van der Waals surface area (Å²) in [7, 11) is 0. The number of para-hydroxylation sites is 1. The third kappa shape index (κ3) is 3.28. The molecule has 0 saturated heterocycles. The number of nitrogen functional groups attached to an aromatic ring is 1. The fourth-order valence-electron chi connectivity index (χ4n) is 1.64. The van der Waals surface area contributed by atoms with E-state index in [0.29, 0.717) is 5.56 Å². The van der Waals surface area contributed by atoms with Gasteiger partial charge in [-0.05, 0) is 36.2 Å². The Kier molecular flexibility index (Phi) is 4.27. The van der Waals surface area contributed by atoms with E-state index in [9.17, 15) is 0 Å². The van der Waals surface area contributed by atoms with Gasteiger partial charge in [-0.2, -0.15) is 5.26 Å². The lowest BCUT2D eigenvalue weighted by Gasteiger charge is -2.05. The number of thioether (sulfide) groups is 1. The van der Waals surface area contributed by atoms with Gasteiger partial charge in [-0.1, -0.05) is 24.3 Å². The first-order valence-corrected chi connectivity index (χ1v) is 6.74. The monoisotopic (exact) mass is 254 g/mol. The molecule has 2 N–H and O–H groups in total. The first kappa shape index (κ1) is 12.5. The highest BCUT2D eigenvalue weighted by molar-refractivity contribution is 7.99. The predicted octanol–water partition coefficient (Wildman–Crippen LogP) is 3.48. The van der Waals surface area contributed by atoms with Crippen LogP contribution in [0, 0.1) is 11.3 Å². The standard InChI is InChI=1S/C15H14N2S/c16-11-13-7-5-12(6-8-13)9-10-18-15-4-2-1-3-14(15)17/h1-8H,9-10,17H2. The van der Waals surface area contributed by atoms with Gasteiger partial charge < -0.3 is 5.73 Å². The van der Waals surface area contributed by atoms with Crippen molar-refractivity contribution in [3.63, 3.8) is 0 Å². The average Bonchev–Trinajstić information content (AvgIpc) is 2.42. The number of aryl methyl sites for hydroxylation is 1. The molecule has 2 rings (SSSR count). The molecule has 2 aromatic carbocycles. The average molecular weight is 254 g/mol. The summed E-state index contributed by atoms with van der Waals surface area (Å²) in [5.74, 6) is 0.986. The van der Waals surface area contributed by atoms with Crippen LogP contribution in [0.3, 0.4) is 0 Å². The summed E-state index contributed by atoms with van der Waals surface area (Å²) in [6.45, 7) is 0. The van der Waals surface area contributed by atoms with Gasteiger partial charge in [0, 0.05) is 16.3 Å². The van der Waals surface area contributed by atoms with Gasteiger partial charge in [0.1, 0.15) is 0 Å². The van der Waals surface area contributed by atoms with Gasteiger partial charge in [0.2, 0.25) is 0 Å². The Morgan fingerprint density at radius 2 is 1.78 bits per heavy atom. The van der Waals surface area contributed by atoms with Crippen molar-refractivity contribution < 1.29 is 0 Å². The second kappa shape index (κ2) is 6.13. The van der Waals surface area contributed by atoms with Gasteiger partial charge in [0.05, 0.1) is 11.6 Å². The van der Waals surface area contributed by atoms with Crippen molar-refractivity contribution >= 4 is 17.4 Å². The maximum absolute atomic E-state index is 8.72. The third-order valence-electron chi connectivity index (χ3n) is 2.65. The van der Waals surface area contributed by atoms with Crippen molar-refractivity contribution in [2.45, 2.75) is 11.3 Å². The number of hydrogen-bond acceptors (Lipinski definition) is 3. The van der Waals surface area contributed by atoms with E-state index in [1.165, 1.54) is 5.56 Å². The van der Waals surface area contributed by atoms with Gasteiger partial charge in [-0.25, -0.2) is 0 Å². The minimum Gasteiger partial charge on any atom is -0.398 e. The van der Waals surface area contributed by atoms with Crippen LogP contribution in [0.4, 0.5) is 5.69 Å². The second-order valence-corrected chi connectivity index (χ2v) is 5.08. The van der Waals surface area contributed by atoms with Crippen LogP contribution in [0.2, 0.25) is 0 Å². The summed E-state index contributed by atoms with van der Waals surface area (Å²) in [5.41, 5.74) is 8.67. The van der Waals surface area contributed by atoms with Crippen molar-refractivity contribution in [2.24, 2.45) is 0 Å². The summed E-state index contributed by atoms with van der Waals surface area (Å²) < 4.78 is 0. The van der Waals surface area contributed by atoms with Crippen molar-refractivity contribution in [3.05, 3.63) is 59.7 Å². The normalized spacial score (nSPS) is 9.94. The number of nitrogens with two attached hydrogens (primary N) is 1. The molecule has 90 valence electrons. The Morgan fingerprint density at radius 1 is 1.06 bits per heavy atom. The SMILES string of the molecule is N#Cc1ccc(CCSc2ccccc2N)cc1. The van der Waals surface area contributed by atoms with Crippen LogP contribution in [0.25, 0.3) is 0 Å². The molecule has 0 aliphatic rings. The summed E-state index contributed by atoms with van der Waals surface area (Å²) in [6, 6.07) is 17.8. The van der Waals surface area contributed by atoms with Crippen molar-refractivity contribution in [1.82, 2.24) is 0 Å². The molecule has 0 aliphatic heterocycles. The van der Waals surface area contributed by atoms with E-state index in [-0.39, 0.29) is 0 Å². The lowest BCUT2D eigenvalue weighted by molar-refractivity contribution is 1.15. The van der Waals surface area contributed by atoms with E-state index in [1.54, 1.807) is 11.8 Å². The number of benzene rings is 2. The molecule has 0 saturated carbocycles. The van der Waals surface area contributed by atoms with Crippen LogP contribution in [-0.2, 0) is 6.42 Å². The van der Waals surface area contributed by atoms with Crippen molar-refractivity contribution in [2.75, 3.05) is 11.5 Å². The van der Waals surface area contributed by atoms with E-state index in [0.717, 1.165) is 22.8 Å². The van der Waals surface area contributed by atoms with Gasteiger partial charge >= 0.3 is 0 Å². The quantitative estimate of drug-likeness (QED) is 0.671. The number of nitrogens with zero attached hydrogens (tertiary/aromatic N) is 1. The summed E-state index contributed by atoms with van der Waals surface area (Å²) in [6.07, 6.45) is 0.977. The molecule has 18 heavy (non-hydrogen) atoms. The van der Waals surface area contributed by atoms with E-state index in [1.807, 2.05) is 48.5 Å². The van der Waals surface area contributed by atoms with Gasteiger partial charge in [-0.15, -0.1) is 11.8 Å². The fraction of sp³-hybridized carbons (Fsp3) is 0.133. The molecular weight excluding hydrogens is 240 g/mol. The van der Waals surface area contributed by atoms with E-state index < -0.39 is 0 Å². The number of rotatable bonds is 4. The number of anilines is 1. The second-order valence-electron chi connectivity index (χ2n) is 3.95. The van der Waals surface area contributed by atoms with Crippen LogP contribution in [0.5, 0.6) is 0 Å². The Bertz CT molecular complexity index is 555. The molecule has 0 fully saturated rings. The zero-order valence-corrected chi connectivity index (χ0v) is 10.8. The summed E-state index contributed by atoms with van der Waals surface area (Å²) >= 11 is 1.76. The van der Waals surface area contributed by atoms with E-state index in [2.05, 4.69) is 6.07 Å². The fourth-order valence-corrected chi connectivity index (χ4v) is 2.60. The molecule has 0 heterocycles. The highest BCUT2D eigenvalue weighted by Gasteiger charge is 1.99. The first-order valence-electron chi connectivity index (χ1n) is 5.76. The largest absolute Gasteiger partial charge is 0.398 e. The lowest BCUT2D eigenvalue weighted by atomic mass is 10.1. The molecule has 0 aromatic heterocycles. The molecular formula is C15H14N2S. The molecule has 0 radical (unpaired) electrons. The number of nitriles is 1. The zero-order valence-electron chi connectivity index (χ0n) is 9.97. The van der Waals surface area contributed by atoms with Crippen LogP contribution >= 0.6 is 11.8 Å². The molecule has 0 aliphatic carbocycles. The summed E-state index contributed by atoms with van der Waals surface area (Å²) in [5, 5.41) is 8.72. The topological polar surface area (TPSA) is 49.8 Å². The van der Waals surface area contributed by atoms with E-state index in [4.69, 9.17) is 11.0 Å². The van der Waals surface area contributed by atoms with Crippen LogP contribution in [0.15, 0.2) is 53.4 Å². The molecule has 0 amide bonds. The zero-order chi connectivity index (χ0) is 12.8. The van der Waals surface area contributed by atoms with Crippen molar-refractivity contribution in [3.8, 4) is 6.07 Å². The minimum absolute atomic E-state index is 0.707. The maximum Gasteiger partial charge on any atom is 0.0991 e. The predicted molar refractivity (Wildman–Crippen MR) is 76.4 cm³/mol. The van der Waals surface area contributed by atoms with Gasteiger partial charge in [0.25, 0.3) is 0 Å². The minimum atomic E-state index is 0.707. The maximum atomic E-state index is 8.72. The molecule has 0 atom stereocenters. The van der Waals surface area contributed by atoms with Gasteiger partial charge in [0.15, 0.2) is 0 Å². The molecule has 2 aromatic rings. The highest BCUT2D eigenvalue weighted by atomic mass is 32.2. The molecule has 0 bridgehead atoms. The summed E-state index contributed by atoms with van der Waals surface area (Å²) in [4.78, 5) is 1.13. The Morgan fingerprint density at radius 3 is 2.44 bits per heavy atom. The lowest BCUT2D eigenvalue weighted by Crippen LogP contribution is -1.91. The molecule has 0 unspecified atom stereocenters. The first-order chi connectivity index (χ1) is 8.79. The van der Waals surface area contributed by atoms with Crippen LogP contribution in [0.1, 0.15) is 11.1 Å². The smallest absolute Gasteiger partial charge is 0.0991 e. The Hall–Kier alpha value is -1.92. The van der Waals surface area contributed by atoms with Crippen molar-refractivity contribution in [1.29, 1.82) is 5.26 Å². The van der Waals surface area contributed by atoms with E-state index >= 15 is 0 Å². The van der Waals surface area contributed by atoms with Crippen LogP contribution in [-0.4, -0.2) is 5.75 Å². The number of hydrogen-bond donors (Lipinski definition) is 1. The Labute approximate surface area is 111 Å². The third-order valence-corrected chi connectivity index (χ3v) is 3.74. The molecule has 0 spiro atoms. The molecule has 3 heteroatoms.